The van der Waals surface area contributed by atoms with Crippen molar-refractivity contribution in [1.29, 1.82) is 0 Å². The summed E-state index contributed by atoms with van der Waals surface area (Å²) >= 11 is 0. The molecule has 0 aliphatic rings. The lowest BCUT2D eigenvalue weighted by atomic mass is 9.79. The number of alkyl halides is 15. The average molecular weight is 516 g/mol. The molecule has 32 heavy (non-hydrogen) atoms. The van der Waals surface area contributed by atoms with Crippen LogP contribution in [-0.2, 0) is 19.1 Å². The van der Waals surface area contributed by atoms with Crippen LogP contribution in [0.4, 0.5) is 65.9 Å². The summed E-state index contributed by atoms with van der Waals surface area (Å²) in [5.41, 5.74) is -16.2. The van der Waals surface area contributed by atoms with Crippen LogP contribution in [-0.4, -0.2) is 65.7 Å². The van der Waals surface area contributed by atoms with Crippen LogP contribution in [0, 0.1) is 5.92 Å². The van der Waals surface area contributed by atoms with Crippen molar-refractivity contribution in [3.8, 4) is 0 Å². The molecule has 1 N–H and O–H groups in total. The predicted molar refractivity (Wildman–Crippen MR) is 64.2 cm³/mol. The van der Waals surface area contributed by atoms with Crippen LogP contribution in [0.5, 0.6) is 0 Å². The molecule has 0 radical (unpaired) electrons. The number of hydrogen-bond acceptors (Lipinski definition) is 5. The van der Waals surface area contributed by atoms with E-state index in [0.29, 0.717) is 6.92 Å². The number of ether oxygens (including phenoxy) is 2. The van der Waals surface area contributed by atoms with Gasteiger partial charge in [0.1, 0.15) is 0 Å². The van der Waals surface area contributed by atoms with Gasteiger partial charge in [0.25, 0.3) is 0 Å². The van der Waals surface area contributed by atoms with Gasteiger partial charge in [-0.25, -0.2) is 0 Å². The van der Waals surface area contributed by atoms with E-state index in [1.165, 1.54) is 0 Å². The molecule has 1 unspecified atom stereocenters. The molecule has 0 amide bonds. The number of carbonyl (C=O) groups is 2. The summed E-state index contributed by atoms with van der Waals surface area (Å²) in [4.78, 5) is 22.6. The zero-order valence-corrected chi connectivity index (χ0v) is 14.5. The maximum atomic E-state index is 13.1. The van der Waals surface area contributed by atoms with Crippen LogP contribution in [0.3, 0.4) is 0 Å². The smallest absolute Gasteiger partial charge is 0.441 e. The maximum absolute atomic E-state index is 13.1. The molecule has 0 rings (SSSR count). The topological polar surface area (TPSA) is 72.8 Å². The Labute approximate surface area is 165 Å². The Morgan fingerprint density at radius 2 is 1.03 bits per heavy atom. The third kappa shape index (κ3) is 4.77. The first-order valence-electron chi connectivity index (χ1n) is 7.19. The van der Waals surface area contributed by atoms with Gasteiger partial charge in [0.15, 0.2) is 0 Å². The fourth-order valence-corrected chi connectivity index (χ4v) is 2.12. The molecule has 190 valence electrons. The first-order chi connectivity index (χ1) is 13.7. The molecule has 0 spiro atoms. The number of esters is 2. The van der Waals surface area contributed by atoms with E-state index in [-0.39, 0.29) is 0 Å². The Morgan fingerprint density at radius 3 is 1.25 bits per heavy atom. The van der Waals surface area contributed by atoms with Gasteiger partial charge in [-0.3, -0.25) is 9.59 Å². The number of hydrogen-bond donors (Lipinski definition) is 1. The van der Waals surface area contributed by atoms with E-state index in [0.717, 1.165) is 0 Å². The molecule has 5 nitrogen and oxygen atoms in total. The van der Waals surface area contributed by atoms with Crippen LogP contribution in [0.2, 0.25) is 0 Å². The Kier molecular flexibility index (Phi) is 7.76. The molecule has 0 aromatic carbocycles. The van der Waals surface area contributed by atoms with Crippen molar-refractivity contribution in [3.05, 3.63) is 0 Å². The SMILES string of the molecule is CCOC(=O)C(C(=O)OC(C(F)(F)F)(C(F)(F)F)C(O)(C(F)(F)F)C(F)(F)F)C(F)(F)F. The summed E-state index contributed by atoms with van der Waals surface area (Å²) in [6.07, 6.45) is -38.7. The lowest BCUT2D eigenvalue weighted by Crippen LogP contribution is -2.82. The summed E-state index contributed by atoms with van der Waals surface area (Å²) in [6, 6.07) is 0. The second kappa shape index (κ2) is 8.32. The molecule has 0 aliphatic carbocycles. The number of rotatable bonds is 5. The Bertz CT molecular complexity index is 668. The van der Waals surface area contributed by atoms with Crippen molar-refractivity contribution in [2.45, 2.75) is 49.0 Å². The highest BCUT2D eigenvalue weighted by atomic mass is 19.4. The second-order valence-corrected chi connectivity index (χ2v) is 5.53. The average Bonchev–Trinajstić information content (AvgIpc) is 2.45. The molecule has 1 atom stereocenters. The van der Waals surface area contributed by atoms with Gasteiger partial charge >= 0.3 is 54.0 Å². The summed E-state index contributed by atoms with van der Waals surface area (Å²) in [5.74, 6) is -12.1. The van der Waals surface area contributed by atoms with Crippen molar-refractivity contribution in [2.75, 3.05) is 6.61 Å². The van der Waals surface area contributed by atoms with E-state index in [2.05, 4.69) is 9.47 Å². The highest BCUT2D eigenvalue weighted by Gasteiger charge is 2.96. The first kappa shape index (κ1) is 29.9. The molecular weight excluding hydrogens is 509 g/mol. The number of halogens is 15. The summed E-state index contributed by atoms with van der Waals surface area (Å²) in [7, 11) is 0. The van der Waals surface area contributed by atoms with Gasteiger partial charge in [0.05, 0.1) is 6.61 Å². The fraction of sp³-hybridized carbons (Fsp3) is 0.833. The molecular formula is C12H7F15O5. The molecule has 0 fully saturated rings. The minimum absolute atomic E-state index is 0.693. The minimum Gasteiger partial charge on any atom is -0.465 e. The van der Waals surface area contributed by atoms with E-state index >= 15 is 0 Å². The van der Waals surface area contributed by atoms with E-state index in [4.69, 9.17) is 5.11 Å². The molecule has 0 aromatic heterocycles. The van der Waals surface area contributed by atoms with E-state index in [1.54, 1.807) is 0 Å². The maximum Gasteiger partial charge on any atom is 0.441 e. The second-order valence-electron chi connectivity index (χ2n) is 5.53. The Morgan fingerprint density at radius 1 is 0.688 bits per heavy atom. The van der Waals surface area contributed by atoms with Crippen molar-refractivity contribution in [1.82, 2.24) is 0 Å². The lowest BCUT2D eigenvalue weighted by molar-refractivity contribution is -0.495. The van der Waals surface area contributed by atoms with Gasteiger partial charge in [0, 0.05) is 0 Å². The predicted octanol–water partition coefficient (Wildman–Crippen LogP) is 3.99. The Balaban J connectivity index is 7.39. The van der Waals surface area contributed by atoms with Gasteiger partial charge in [-0.05, 0) is 6.92 Å². The molecule has 0 saturated heterocycles. The van der Waals surface area contributed by atoms with Gasteiger partial charge in [-0.1, -0.05) is 0 Å². The fourth-order valence-electron chi connectivity index (χ4n) is 2.12. The molecule has 0 aliphatic heterocycles. The normalized spacial score (nSPS) is 15.9. The van der Waals surface area contributed by atoms with Crippen LogP contribution in [0.15, 0.2) is 0 Å². The van der Waals surface area contributed by atoms with Crippen LogP contribution in [0.25, 0.3) is 0 Å². The van der Waals surface area contributed by atoms with E-state index < -0.39 is 66.5 Å². The van der Waals surface area contributed by atoms with Crippen molar-refractivity contribution < 1.29 is 90.0 Å². The monoisotopic (exact) mass is 516 g/mol. The van der Waals surface area contributed by atoms with Crippen LogP contribution < -0.4 is 0 Å². The van der Waals surface area contributed by atoms with Gasteiger partial charge in [0.2, 0.25) is 5.92 Å². The van der Waals surface area contributed by atoms with E-state index in [1.807, 2.05) is 0 Å². The van der Waals surface area contributed by atoms with Crippen molar-refractivity contribution >= 4 is 11.9 Å². The number of aliphatic hydroxyl groups is 1. The standard InChI is InChI=1S/C12H7F15O5/c1-2-31-4(28)3(6(13,14)15)5(29)32-8(11(22,23)24,12(25,26)27)7(30,9(16,17)18)10(19,20)21/h3,30H,2H2,1H3. The summed E-state index contributed by atoms with van der Waals surface area (Å²) < 4.78 is 200. The van der Waals surface area contributed by atoms with E-state index in [9.17, 15) is 75.4 Å². The quantitative estimate of drug-likeness (QED) is 0.340. The highest BCUT2D eigenvalue weighted by Crippen LogP contribution is 2.62. The number of carbonyl (C=O) groups excluding carboxylic acids is 2. The lowest BCUT2D eigenvalue weighted by Gasteiger charge is -2.47. The largest absolute Gasteiger partial charge is 0.465 e. The molecule has 0 saturated carbocycles. The third-order valence-electron chi connectivity index (χ3n) is 3.47. The van der Waals surface area contributed by atoms with Crippen LogP contribution >= 0.6 is 0 Å². The first-order valence-corrected chi connectivity index (χ1v) is 7.19. The van der Waals surface area contributed by atoms with Crippen LogP contribution in [0.1, 0.15) is 6.92 Å². The van der Waals surface area contributed by atoms with Crippen molar-refractivity contribution in [2.24, 2.45) is 5.92 Å². The third-order valence-corrected chi connectivity index (χ3v) is 3.47. The highest BCUT2D eigenvalue weighted by molar-refractivity contribution is 5.96. The molecule has 20 heteroatoms. The van der Waals surface area contributed by atoms with Gasteiger partial charge < -0.3 is 14.6 Å². The summed E-state index contributed by atoms with van der Waals surface area (Å²) in [5, 5.41) is 8.78. The van der Waals surface area contributed by atoms with Crippen molar-refractivity contribution in [3.63, 3.8) is 0 Å². The van der Waals surface area contributed by atoms with Gasteiger partial charge in [-0.2, -0.15) is 65.9 Å². The summed E-state index contributed by atoms with van der Waals surface area (Å²) in [6.45, 7) is -0.435. The Hall–Kier alpha value is -2.15. The minimum atomic E-state index is -8.11. The zero-order chi connectivity index (χ0) is 26.4. The molecule has 0 heterocycles. The van der Waals surface area contributed by atoms with Gasteiger partial charge in [-0.15, -0.1) is 0 Å². The zero-order valence-electron chi connectivity index (χ0n) is 14.5. The molecule has 0 bridgehead atoms. The molecule has 0 aromatic rings.